The number of nitrogens with zero attached hydrogens (tertiary/aromatic N) is 2. The van der Waals surface area contributed by atoms with Crippen LogP contribution in [0.4, 0.5) is 0 Å². The lowest BCUT2D eigenvalue weighted by Crippen LogP contribution is -1.82. The highest BCUT2D eigenvalue weighted by atomic mass is 127. The molecule has 74 valence electrons. The lowest BCUT2D eigenvalue weighted by atomic mass is 10.2. The van der Waals surface area contributed by atoms with Gasteiger partial charge in [-0.2, -0.15) is 5.10 Å². The van der Waals surface area contributed by atoms with Gasteiger partial charge in [0, 0.05) is 5.39 Å². The van der Waals surface area contributed by atoms with E-state index in [1.807, 2.05) is 4.45 Å². The van der Waals surface area contributed by atoms with Crippen molar-refractivity contribution in [3.8, 4) is 5.75 Å². The Hall–Kier alpha value is 0.420. The third-order valence-corrected chi connectivity index (χ3v) is 4.80. The summed E-state index contributed by atoms with van der Waals surface area (Å²) in [6.45, 7) is 0. The van der Waals surface area contributed by atoms with Gasteiger partial charge in [0.05, 0.1) is 27.6 Å². The van der Waals surface area contributed by atoms with Gasteiger partial charge in [-0.05, 0) is 44.0 Å². The molecule has 1 aromatic carbocycles. The van der Waals surface area contributed by atoms with Gasteiger partial charge >= 0.3 is 0 Å². The fourth-order valence-electron chi connectivity index (χ4n) is 1.15. The van der Waals surface area contributed by atoms with E-state index in [0.717, 1.165) is 10.9 Å². The number of fused-ring (bicyclic) bond motifs is 1. The predicted octanol–water partition coefficient (Wildman–Crippen LogP) is 3.95. The highest BCUT2D eigenvalue weighted by Crippen LogP contribution is 2.40. The number of halogens is 3. The van der Waals surface area contributed by atoms with E-state index in [0.29, 0.717) is 15.9 Å². The summed E-state index contributed by atoms with van der Waals surface area (Å²) in [5.41, 5.74) is 0.924. The summed E-state index contributed by atoms with van der Waals surface area (Å²) < 4.78 is 2.44. The van der Waals surface area contributed by atoms with Crippen LogP contribution in [0.5, 0.6) is 5.75 Å². The Morgan fingerprint density at radius 1 is 1.64 bits per heavy atom. The second-order valence-corrected chi connectivity index (χ2v) is 5.83. The quantitative estimate of drug-likeness (QED) is 0.577. The van der Waals surface area contributed by atoms with Crippen molar-refractivity contribution in [3.05, 3.63) is 21.8 Å². The first-order valence-electron chi connectivity index (χ1n) is 3.56. The summed E-state index contributed by atoms with van der Waals surface area (Å²) in [5.74, 6) is 0.0653. The van der Waals surface area contributed by atoms with Gasteiger partial charge in [-0.3, -0.25) is 0 Å². The fraction of sp³-hybridized carbons (Fsp3) is 0. The Labute approximate surface area is 108 Å². The van der Waals surface area contributed by atoms with E-state index < -0.39 is 0 Å². The lowest BCUT2D eigenvalue weighted by Gasteiger charge is -2.02. The molecule has 1 N–H and O–H groups in total. The summed E-state index contributed by atoms with van der Waals surface area (Å²) in [4.78, 5) is 0. The largest absolute Gasteiger partial charge is 0.505 e. The van der Waals surface area contributed by atoms with Crippen molar-refractivity contribution in [3.63, 3.8) is 0 Å². The Bertz CT molecular complexity index is 504. The van der Waals surface area contributed by atoms with E-state index in [2.05, 4.69) is 43.1 Å². The minimum atomic E-state index is 0.0653. The molecule has 1 aromatic heterocycles. The van der Waals surface area contributed by atoms with E-state index in [-0.39, 0.29) is 5.75 Å². The van der Waals surface area contributed by atoms with E-state index >= 15 is 0 Å². The molecule has 1 heterocycles. The second kappa shape index (κ2) is 4.12. The van der Waals surface area contributed by atoms with Crippen LogP contribution < -0.4 is 0 Å². The Balaban J connectivity index is 2.86. The average Bonchev–Trinajstić information content (AvgIpc) is 2.57. The molecule has 0 radical (unpaired) electrons. The molecule has 1 unspecified atom stereocenters. The van der Waals surface area contributed by atoms with Gasteiger partial charge in [0.25, 0.3) is 0 Å². The zero-order valence-corrected chi connectivity index (χ0v) is 12.1. The van der Waals surface area contributed by atoms with Crippen molar-refractivity contribution in [1.82, 2.24) is 9.55 Å². The third kappa shape index (κ3) is 1.64. The summed E-state index contributed by atoms with van der Waals surface area (Å²) in [7, 11) is 0. The highest BCUT2D eigenvalue weighted by Gasteiger charge is 2.12. The van der Waals surface area contributed by atoms with Crippen molar-refractivity contribution < 1.29 is 5.11 Å². The maximum atomic E-state index is 9.57. The Morgan fingerprint density at radius 2 is 2.36 bits per heavy atom. The van der Waals surface area contributed by atoms with Crippen LogP contribution in [0.15, 0.2) is 16.7 Å². The van der Waals surface area contributed by atoms with Gasteiger partial charge in [-0.15, -0.1) is 0 Å². The van der Waals surface area contributed by atoms with Crippen LogP contribution >= 0.6 is 55.9 Å². The van der Waals surface area contributed by atoms with Crippen LogP contribution in [0, 0.1) is 0 Å². The van der Waals surface area contributed by atoms with Crippen LogP contribution in [0.25, 0.3) is 10.9 Å². The van der Waals surface area contributed by atoms with E-state index in [1.165, 1.54) is 0 Å². The number of phenols is 1. The Kier molecular flexibility index (Phi) is 3.21. The van der Waals surface area contributed by atoms with E-state index in [1.54, 1.807) is 12.3 Å². The zero-order valence-electron chi connectivity index (χ0n) is 6.63. The second-order valence-electron chi connectivity index (χ2n) is 2.59. The molecular weight excluding hydrogens is 401 g/mol. The summed E-state index contributed by atoms with van der Waals surface area (Å²) >= 11 is 11.4. The van der Waals surface area contributed by atoms with Crippen LogP contribution in [0.1, 0.15) is 0 Å². The van der Waals surface area contributed by atoms with Crippen molar-refractivity contribution >= 4 is 66.8 Å². The molecule has 0 bridgehead atoms. The smallest absolute Gasteiger partial charge is 0.149 e. The van der Waals surface area contributed by atoms with Crippen LogP contribution in [-0.2, 0) is 0 Å². The number of aromatic hydroxyl groups is 1. The molecule has 0 aliphatic carbocycles. The minimum absolute atomic E-state index is 0.0653. The predicted molar refractivity (Wildman–Crippen MR) is 71.8 cm³/mol. The van der Waals surface area contributed by atoms with Gasteiger partial charge in [-0.1, -0.05) is 11.6 Å². The minimum Gasteiger partial charge on any atom is -0.505 e. The van der Waals surface area contributed by atoms with Crippen molar-refractivity contribution in [2.45, 2.75) is 0 Å². The monoisotopic (exact) mass is 404 g/mol. The molecule has 0 aliphatic heterocycles. The fourth-order valence-corrected chi connectivity index (χ4v) is 3.52. The summed E-state index contributed by atoms with van der Waals surface area (Å²) in [6, 6.07) is 1.72. The number of benzene rings is 1. The number of hydrogen-bond donors (Lipinski definition) is 1. The maximum absolute atomic E-state index is 9.57. The number of phenolic OH excluding ortho intramolecular Hbond substituents is 1. The maximum Gasteiger partial charge on any atom is 0.149 e. The molecule has 0 aliphatic rings. The summed E-state index contributed by atoms with van der Waals surface area (Å²) in [6.07, 6.45) is 2.22. The molecule has 0 amide bonds. The molecule has 0 saturated heterocycles. The van der Waals surface area contributed by atoms with Crippen LogP contribution in [0.3, 0.4) is 0 Å². The first-order chi connectivity index (χ1) is 6.65. The van der Waals surface area contributed by atoms with Crippen molar-refractivity contribution in [2.24, 2.45) is 0 Å². The highest BCUT2D eigenvalue weighted by molar-refractivity contribution is 14.2. The van der Waals surface area contributed by atoms with Crippen molar-refractivity contribution in [2.75, 3.05) is 0 Å². The zero-order chi connectivity index (χ0) is 10.3. The van der Waals surface area contributed by atoms with E-state index in [9.17, 15) is 5.11 Å². The van der Waals surface area contributed by atoms with Crippen LogP contribution in [-0.4, -0.2) is 14.7 Å². The molecule has 7 heteroatoms. The van der Waals surface area contributed by atoms with Gasteiger partial charge in [0.15, 0.2) is 0 Å². The third-order valence-electron chi connectivity index (χ3n) is 1.82. The lowest BCUT2D eigenvalue weighted by molar-refractivity contribution is 0.473. The molecule has 3 nitrogen and oxygen atoms in total. The summed E-state index contributed by atoms with van der Waals surface area (Å²) in [5, 5.41) is 15.0. The first kappa shape index (κ1) is 10.9. The number of rotatable bonds is 1. The van der Waals surface area contributed by atoms with Gasteiger partial charge in [0.1, 0.15) is 5.75 Å². The van der Waals surface area contributed by atoms with Gasteiger partial charge in [0.2, 0.25) is 0 Å². The normalized spacial score (nSPS) is 11.9. The number of aromatic nitrogens is 2. The first-order valence-corrected chi connectivity index (χ1v) is 8.79. The van der Waals surface area contributed by atoms with E-state index in [4.69, 9.17) is 11.6 Å². The molecule has 0 spiro atoms. The molecule has 2 rings (SSSR count). The molecule has 0 saturated carbocycles. The Morgan fingerprint density at radius 3 is 3.00 bits per heavy atom. The van der Waals surface area contributed by atoms with Crippen LogP contribution in [0.2, 0.25) is 5.02 Å². The molecule has 14 heavy (non-hydrogen) atoms. The molecule has 0 fully saturated rings. The van der Waals surface area contributed by atoms with Crippen molar-refractivity contribution in [1.29, 1.82) is 0 Å². The van der Waals surface area contributed by atoms with Gasteiger partial charge in [-0.25, -0.2) is 4.45 Å². The topological polar surface area (TPSA) is 38.1 Å². The molecular formula is C7H4BrClIN2OP. The SMILES string of the molecule is Oc1c(Cl)cc2c(cnn2PI)c1Br. The average molecular weight is 405 g/mol. The molecule has 1 atom stereocenters. The van der Waals surface area contributed by atoms with Gasteiger partial charge < -0.3 is 5.11 Å². The number of hydrogen-bond acceptors (Lipinski definition) is 2. The molecule has 2 aromatic rings. The standard InChI is InChI=1S/C7H4BrClIN2OP/c8-6-3-2-11-12(14-10)5(3)1-4(9)7(6)13/h1-2,13-14H.